The molecule has 9 nitrogen and oxygen atoms in total. The SMILES string of the molecule is CCc1ccccc1NS(=O)(=O)c1ccc2c(c1)oc(=O)n2Cc1noc(C2CC2)n1. The first-order valence-electron chi connectivity index (χ1n) is 10.0. The number of sulfonamides is 1. The van der Waals surface area contributed by atoms with Crippen LogP contribution in [-0.2, 0) is 23.0 Å². The van der Waals surface area contributed by atoms with Crippen molar-refractivity contribution in [1.29, 1.82) is 0 Å². The van der Waals surface area contributed by atoms with E-state index in [0.29, 0.717) is 35.3 Å². The van der Waals surface area contributed by atoms with Crippen molar-refractivity contribution < 1.29 is 17.4 Å². The van der Waals surface area contributed by atoms with E-state index in [1.165, 1.54) is 16.7 Å². The van der Waals surface area contributed by atoms with Crippen LogP contribution in [0.4, 0.5) is 5.69 Å². The fourth-order valence-corrected chi connectivity index (χ4v) is 4.58. The highest BCUT2D eigenvalue weighted by molar-refractivity contribution is 7.92. The number of anilines is 1. The van der Waals surface area contributed by atoms with Crippen LogP contribution >= 0.6 is 0 Å². The molecule has 5 rings (SSSR count). The normalized spacial score (nSPS) is 14.2. The molecule has 0 saturated heterocycles. The van der Waals surface area contributed by atoms with Gasteiger partial charge in [0.2, 0.25) is 5.89 Å². The van der Waals surface area contributed by atoms with Crippen molar-refractivity contribution in [3.05, 3.63) is 70.3 Å². The predicted molar refractivity (Wildman–Crippen MR) is 112 cm³/mol. The first-order chi connectivity index (χ1) is 14.9. The number of nitrogens with zero attached hydrogens (tertiary/aromatic N) is 3. The molecular formula is C21H20N4O5S. The summed E-state index contributed by atoms with van der Waals surface area (Å²) >= 11 is 0. The summed E-state index contributed by atoms with van der Waals surface area (Å²) in [5.74, 6) is 0.660. The van der Waals surface area contributed by atoms with Gasteiger partial charge in [0.05, 0.1) is 22.6 Å². The van der Waals surface area contributed by atoms with Crippen LogP contribution in [-0.4, -0.2) is 23.1 Å². The Bertz CT molecular complexity index is 1430. The van der Waals surface area contributed by atoms with E-state index in [1.54, 1.807) is 18.2 Å². The number of rotatable bonds is 7. The summed E-state index contributed by atoms with van der Waals surface area (Å²) in [6.07, 6.45) is 2.75. The van der Waals surface area contributed by atoms with E-state index in [0.717, 1.165) is 18.4 Å². The smallest absolute Gasteiger partial charge is 0.408 e. The van der Waals surface area contributed by atoms with Gasteiger partial charge in [-0.2, -0.15) is 4.98 Å². The average molecular weight is 440 g/mol. The number of oxazole rings is 1. The molecule has 0 aliphatic heterocycles. The summed E-state index contributed by atoms with van der Waals surface area (Å²) in [6.45, 7) is 2.03. The van der Waals surface area contributed by atoms with Crippen LogP contribution in [0.25, 0.3) is 11.1 Å². The Morgan fingerprint density at radius 3 is 2.77 bits per heavy atom. The van der Waals surface area contributed by atoms with Crippen molar-refractivity contribution in [2.24, 2.45) is 0 Å². The molecule has 4 aromatic rings. The van der Waals surface area contributed by atoms with E-state index in [-0.39, 0.29) is 17.0 Å². The van der Waals surface area contributed by atoms with Crippen molar-refractivity contribution in [1.82, 2.24) is 14.7 Å². The van der Waals surface area contributed by atoms with Crippen LogP contribution in [0, 0.1) is 0 Å². The van der Waals surface area contributed by atoms with Gasteiger partial charge < -0.3 is 8.94 Å². The van der Waals surface area contributed by atoms with Crippen LogP contribution in [0.2, 0.25) is 0 Å². The maximum absolute atomic E-state index is 12.9. The molecule has 0 radical (unpaired) electrons. The molecule has 0 spiro atoms. The standard InChI is InChI=1S/C21H20N4O5S/c1-2-13-5-3-4-6-16(13)24-31(27,28)15-9-10-17-18(11-15)29-21(26)25(17)12-19-22-20(30-23-19)14-7-8-14/h3-6,9-11,14,24H,2,7-8,12H2,1H3. The zero-order valence-corrected chi connectivity index (χ0v) is 17.6. The number of aryl methyl sites for hydroxylation is 1. The Hall–Kier alpha value is -3.40. The van der Waals surface area contributed by atoms with Gasteiger partial charge in [0.15, 0.2) is 11.4 Å². The molecule has 2 aromatic carbocycles. The van der Waals surface area contributed by atoms with E-state index in [2.05, 4.69) is 14.9 Å². The van der Waals surface area contributed by atoms with E-state index in [9.17, 15) is 13.2 Å². The first-order valence-corrected chi connectivity index (χ1v) is 11.5. The minimum atomic E-state index is -3.86. The molecule has 1 N–H and O–H groups in total. The zero-order chi connectivity index (χ0) is 21.6. The number of nitrogens with one attached hydrogen (secondary N) is 1. The predicted octanol–water partition coefficient (Wildman–Crippen LogP) is 3.27. The molecular weight excluding hydrogens is 420 g/mol. The van der Waals surface area contributed by atoms with Gasteiger partial charge in [-0.1, -0.05) is 30.3 Å². The van der Waals surface area contributed by atoms with Crippen LogP contribution in [0.15, 0.2) is 61.1 Å². The number of fused-ring (bicyclic) bond motifs is 1. The van der Waals surface area contributed by atoms with Gasteiger partial charge in [-0.15, -0.1) is 0 Å². The summed E-state index contributed by atoms with van der Waals surface area (Å²) in [7, 11) is -3.86. The molecule has 10 heteroatoms. The number of benzene rings is 2. The van der Waals surface area contributed by atoms with Gasteiger partial charge in [-0.25, -0.2) is 13.2 Å². The number of para-hydroxylation sites is 1. The minimum Gasteiger partial charge on any atom is -0.408 e. The fourth-order valence-electron chi connectivity index (χ4n) is 3.46. The fraction of sp³-hybridized carbons (Fsp3) is 0.286. The molecule has 31 heavy (non-hydrogen) atoms. The monoisotopic (exact) mass is 440 g/mol. The Balaban J connectivity index is 1.45. The van der Waals surface area contributed by atoms with Gasteiger partial charge >= 0.3 is 5.76 Å². The van der Waals surface area contributed by atoms with Gasteiger partial charge in [0.25, 0.3) is 10.0 Å². The topological polar surface area (TPSA) is 120 Å². The number of hydrogen-bond donors (Lipinski definition) is 1. The summed E-state index contributed by atoms with van der Waals surface area (Å²) in [4.78, 5) is 16.7. The third-order valence-electron chi connectivity index (χ3n) is 5.30. The number of aromatic nitrogens is 3. The van der Waals surface area contributed by atoms with E-state index in [4.69, 9.17) is 8.94 Å². The van der Waals surface area contributed by atoms with E-state index < -0.39 is 15.8 Å². The molecule has 160 valence electrons. The summed E-state index contributed by atoms with van der Waals surface area (Å²) in [6, 6.07) is 11.5. The lowest BCUT2D eigenvalue weighted by Crippen LogP contribution is -2.16. The third kappa shape index (κ3) is 3.74. The molecule has 0 atom stereocenters. The maximum atomic E-state index is 12.9. The largest absolute Gasteiger partial charge is 0.420 e. The second-order valence-corrected chi connectivity index (χ2v) is 9.21. The second-order valence-electron chi connectivity index (χ2n) is 7.52. The van der Waals surface area contributed by atoms with Gasteiger partial charge in [-0.3, -0.25) is 9.29 Å². The van der Waals surface area contributed by atoms with E-state index >= 15 is 0 Å². The number of hydrogen-bond acceptors (Lipinski definition) is 7. The van der Waals surface area contributed by atoms with Crippen molar-refractivity contribution in [2.45, 2.75) is 43.5 Å². The van der Waals surface area contributed by atoms with Crippen LogP contribution < -0.4 is 10.5 Å². The molecule has 0 bridgehead atoms. The highest BCUT2D eigenvalue weighted by Gasteiger charge is 2.30. The van der Waals surface area contributed by atoms with Crippen LogP contribution in [0.3, 0.4) is 0 Å². The Morgan fingerprint density at radius 1 is 1.19 bits per heavy atom. The third-order valence-corrected chi connectivity index (χ3v) is 6.67. The average Bonchev–Trinajstić information content (AvgIpc) is 3.42. The zero-order valence-electron chi connectivity index (χ0n) is 16.7. The Labute approximate surface area is 177 Å². The molecule has 2 heterocycles. The molecule has 1 aliphatic rings. The lowest BCUT2D eigenvalue weighted by Gasteiger charge is -2.11. The summed E-state index contributed by atoms with van der Waals surface area (Å²) < 4.78 is 40.3. The van der Waals surface area contributed by atoms with Crippen LogP contribution in [0.1, 0.15) is 43.0 Å². The minimum absolute atomic E-state index is 0.00221. The molecule has 1 saturated carbocycles. The van der Waals surface area contributed by atoms with Gasteiger partial charge in [0.1, 0.15) is 0 Å². The van der Waals surface area contributed by atoms with Gasteiger partial charge in [-0.05, 0) is 43.0 Å². The summed E-state index contributed by atoms with van der Waals surface area (Å²) in [5, 5.41) is 3.93. The molecule has 1 fully saturated rings. The lowest BCUT2D eigenvalue weighted by molar-refractivity contribution is 0.372. The van der Waals surface area contributed by atoms with Crippen LogP contribution in [0.5, 0.6) is 0 Å². The van der Waals surface area contributed by atoms with Crippen molar-refractivity contribution >= 4 is 26.8 Å². The molecule has 2 aromatic heterocycles. The highest BCUT2D eigenvalue weighted by atomic mass is 32.2. The Morgan fingerprint density at radius 2 is 2.00 bits per heavy atom. The quantitative estimate of drug-likeness (QED) is 0.468. The van der Waals surface area contributed by atoms with Crippen molar-refractivity contribution in [3.63, 3.8) is 0 Å². The highest BCUT2D eigenvalue weighted by Crippen LogP contribution is 2.38. The summed E-state index contributed by atoms with van der Waals surface area (Å²) in [5.41, 5.74) is 2.03. The second kappa shape index (κ2) is 7.38. The van der Waals surface area contributed by atoms with Crippen molar-refractivity contribution in [3.8, 4) is 0 Å². The Kier molecular flexibility index (Phi) is 4.66. The van der Waals surface area contributed by atoms with E-state index in [1.807, 2.05) is 19.1 Å². The molecule has 1 aliphatic carbocycles. The maximum Gasteiger partial charge on any atom is 0.420 e. The molecule has 0 unspecified atom stereocenters. The molecule has 0 amide bonds. The van der Waals surface area contributed by atoms with Crippen molar-refractivity contribution in [2.75, 3.05) is 4.72 Å². The first kappa shape index (κ1) is 19.6. The lowest BCUT2D eigenvalue weighted by atomic mass is 10.1. The van der Waals surface area contributed by atoms with Gasteiger partial charge in [0, 0.05) is 12.0 Å².